The van der Waals surface area contributed by atoms with Crippen LogP contribution in [-0.2, 0) is 16.6 Å². The predicted molar refractivity (Wildman–Crippen MR) is 87.1 cm³/mol. The van der Waals surface area contributed by atoms with Crippen molar-refractivity contribution in [3.05, 3.63) is 34.6 Å². The molecule has 1 fully saturated rings. The number of hydrogen-bond acceptors (Lipinski definition) is 6. The Kier molecular flexibility index (Phi) is 3.53. The Bertz CT molecular complexity index is 716. The SMILES string of the molecule is COC1=C2[C@H]3Cc4ccc(OC)c(O)c4[C@@]2(CCN3)C[C@@H](O)[C@H]1O. The fourth-order valence-electron chi connectivity index (χ4n) is 4.92. The van der Waals surface area contributed by atoms with Crippen LogP contribution >= 0.6 is 0 Å². The van der Waals surface area contributed by atoms with Crippen molar-refractivity contribution >= 4 is 0 Å². The van der Waals surface area contributed by atoms with Crippen molar-refractivity contribution in [1.82, 2.24) is 5.32 Å². The van der Waals surface area contributed by atoms with Gasteiger partial charge in [0.05, 0.1) is 20.3 Å². The first-order chi connectivity index (χ1) is 11.5. The minimum Gasteiger partial charge on any atom is -0.504 e. The first kappa shape index (κ1) is 15.7. The summed E-state index contributed by atoms with van der Waals surface area (Å²) in [6.45, 7) is 0.782. The zero-order chi connectivity index (χ0) is 17.1. The molecule has 6 heteroatoms. The number of phenolic OH excluding ortho intramolecular Hbond substituents is 1. The average molecular weight is 333 g/mol. The molecule has 4 rings (SSSR count). The number of rotatable bonds is 2. The summed E-state index contributed by atoms with van der Waals surface area (Å²) in [6.07, 6.45) is -0.167. The van der Waals surface area contributed by atoms with Crippen LogP contribution in [0.1, 0.15) is 24.0 Å². The van der Waals surface area contributed by atoms with E-state index in [9.17, 15) is 15.3 Å². The second kappa shape index (κ2) is 5.37. The molecule has 130 valence electrons. The number of phenols is 1. The van der Waals surface area contributed by atoms with E-state index in [1.807, 2.05) is 6.07 Å². The molecule has 2 bridgehead atoms. The van der Waals surface area contributed by atoms with Crippen molar-refractivity contribution in [2.75, 3.05) is 20.8 Å². The summed E-state index contributed by atoms with van der Waals surface area (Å²) in [7, 11) is 3.05. The van der Waals surface area contributed by atoms with Crippen molar-refractivity contribution in [2.24, 2.45) is 0 Å². The Labute approximate surface area is 140 Å². The van der Waals surface area contributed by atoms with Crippen LogP contribution in [0.5, 0.6) is 11.5 Å². The molecule has 0 unspecified atom stereocenters. The number of hydrogen-bond donors (Lipinski definition) is 4. The molecular weight excluding hydrogens is 310 g/mol. The number of fused-ring (bicyclic) bond motifs is 1. The molecule has 1 saturated heterocycles. The number of aromatic hydroxyl groups is 1. The third-order valence-corrected chi connectivity index (χ3v) is 5.83. The zero-order valence-electron chi connectivity index (χ0n) is 13.9. The summed E-state index contributed by atoms with van der Waals surface area (Å²) in [5.41, 5.74) is 2.29. The Morgan fingerprint density at radius 3 is 2.71 bits per heavy atom. The number of methoxy groups -OCH3 is 2. The lowest BCUT2D eigenvalue weighted by atomic mass is 9.55. The van der Waals surface area contributed by atoms with E-state index >= 15 is 0 Å². The molecule has 1 heterocycles. The third-order valence-electron chi connectivity index (χ3n) is 5.83. The predicted octanol–water partition coefficient (Wildman–Crippen LogP) is 0.583. The highest BCUT2D eigenvalue weighted by atomic mass is 16.5. The fourth-order valence-corrected chi connectivity index (χ4v) is 4.92. The smallest absolute Gasteiger partial charge is 0.162 e. The molecule has 6 nitrogen and oxygen atoms in total. The second-order valence-corrected chi connectivity index (χ2v) is 6.89. The van der Waals surface area contributed by atoms with Gasteiger partial charge in [0.2, 0.25) is 0 Å². The maximum absolute atomic E-state index is 10.8. The molecule has 1 aromatic rings. The van der Waals surface area contributed by atoms with E-state index in [4.69, 9.17) is 9.47 Å². The molecule has 1 aromatic carbocycles. The summed E-state index contributed by atoms with van der Waals surface area (Å²) >= 11 is 0. The summed E-state index contributed by atoms with van der Waals surface area (Å²) in [6, 6.07) is 3.80. The minimum absolute atomic E-state index is 0.0381. The molecule has 0 saturated carbocycles. The monoisotopic (exact) mass is 333 g/mol. The van der Waals surface area contributed by atoms with Gasteiger partial charge in [-0.2, -0.15) is 0 Å². The van der Waals surface area contributed by atoms with Gasteiger partial charge in [-0.1, -0.05) is 6.07 Å². The van der Waals surface area contributed by atoms with Gasteiger partial charge in [-0.05, 0) is 43.0 Å². The van der Waals surface area contributed by atoms with Gasteiger partial charge in [-0.3, -0.25) is 0 Å². The number of benzene rings is 1. The van der Waals surface area contributed by atoms with Gasteiger partial charge in [0.25, 0.3) is 0 Å². The molecule has 0 aromatic heterocycles. The van der Waals surface area contributed by atoms with Gasteiger partial charge in [0.15, 0.2) is 11.5 Å². The number of ether oxygens (including phenoxy) is 2. The second-order valence-electron chi connectivity index (χ2n) is 6.89. The molecule has 3 aliphatic rings. The standard InChI is InChI=1S/C18H23NO5/c1-23-12-4-3-9-7-10-14-17(24-2)15(21)11(20)8-18(14,5-6-19-10)13(9)16(12)22/h3-4,10-11,15,19-22H,5-8H2,1-2H3/t10-,11-,15-,18-/m1/s1. The summed E-state index contributed by atoms with van der Waals surface area (Å²) in [5, 5.41) is 35.2. The zero-order valence-corrected chi connectivity index (χ0v) is 13.9. The molecule has 0 amide bonds. The Hall–Kier alpha value is -1.76. The topological polar surface area (TPSA) is 91.2 Å². The molecule has 0 radical (unpaired) electrons. The molecule has 4 N–H and O–H groups in total. The first-order valence-corrected chi connectivity index (χ1v) is 8.31. The molecule has 4 atom stereocenters. The van der Waals surface area contributed by atoms with E-state index in [0.29, 0.717) is 24.4 Å². The van der Waals surface area contributed by atoms with E-state index in [-0.39, 0.29) is 11.8 Å². The van der Waals surface area contributed by atoms with Crippen LogP contribution < -0.4 is 10.1 Å². The van der Waals surface area contributed by atoms with Gasteiger partial charge < -0.3 is 30.1 Å². The summed E-state index contributed by atoms with van der Waals surface area (Å²) < 4.78 is 10.8. The van der Waals surface area contributed by atoms with Gasteiger partial charge in [-0.25, -0.2) is 0 Å². The Morgan fingerprint density at radius 2 is 2.00 bits per heavy atom. The highest BCUT2D eigenvalue weighted by molar-refractivity contribution is 5.62. The van der Waals surface area contributed by atoms with Crippen LogP contribution in [0, 0.1) is 0 Å². The number of aliphatic hydroxyl groups excluding tert-OH is 2. The highest BCUT2D eigenvalue weighted by Gasteiger charge is 2.55. The van der Waals surface area contributed by atoms with Crippen LogP contribution in [0.3, 0.4) is 0 Å². The van der Waals surface area contributed by atoms with Crippen molar-refractivity contribution < 1.29 is 24.8 Å². The Balaban J connectivity index is 2.04. The quantitative estimate of drug-likeness (QED) is 0.633. The van der Waals surface area contributed by atoms with E-state index in [2.05, 4.69) is 5.32 Å². The van der Waals surface area contributed by atoms with Gasteiger partial charge in [-0.15, -0.1) is 0 Å². The van der Waals surface area contributed by atoms with E-state index in [1.54, 1.807) is 6.07 Å². The average Bonchev–Trinajstić information content (AvgIpc) is 2.55. The number of nitrogens with one attached hydrogen (secondary N) is 1. The lowest BCUT2D eigenvalue weighted by molar-refractivity contribution is -0.0260. The van der Waals surface area contributed by atoms with Crippen molar-refractivity contribution in [3.8, 4) is 11.5 Å². The lowest BCUT2D eigenvalue weighted by Crippen LogP contribution is -2.59. The van der Waals surface area contributed by atoms with Crippen LogP contribution in [0.15, 0.2) is 23.5 Å². The van der Waals surface area contributed by atoms with E-state index in [0.717, 1.165) is 29.7 Å². The number of aliphatic hydroxyl groups is 2. The normalized spacial score (nSPS) is 34.4. The van der Waals surface area contributed by atoms with Crippen LogP contribution in [0.25, 0.3) is 0 Å². The molecule has 24 heavy (non-hydrogen) atoms. The molecule has 0 spiro atoms. The number of piperidine rings is 1. The summed E-state index contributed by atoms with van der Waals surface area (Å²) in [5.74, 6) is 0.991. The van der Waals surface area contributed by atoms with Crippen LogP contribution in [-0.4, -0.2) is 54.3 Å². The first-order valence-electron chi connectivity index (χ1n) is 8.31. The van der Waals surface area contributed by atoms with E-state index in [1.165, 1.54) is 14.2 Å². The van der Waals surface area contributed by atoms with Crippen LogP contribution in [0.2, 0.25) is 0 Å². The van der Waals surface area contributed by atoms with Gasteiger partial charge >= 0.3 is 0 Å². The maximum atomic E-state index is 10.8. The lowest BCUT2D eigenvalue weighted by Gasteiger charge is -2.53. The van der Waals surface area contributed by atoms with E-state index < -0.39 is 17.6 Å². The van der Waals surface area contributed by atoms with Crippen molar-refractivity contribution in [1.29, 1.82) is 0 Å². The molecular formula is C18H23NO5. The largest absolute Gasteiger partial charge is 0.504 e. The maximum Gasteiger partial charge on any atom is 0.162 e. The minimum atomic E-state index is -1.03. The molecule has 2 aliphatic carbocycles. The third kappa shape index (κ3) is 1.87. The van der Waals surface area contributed by atoms with Crippen molar-refractivity contribution in [3.63, 3.8) is 0 Å². The Morgan fingerprint density at radius 1 is 1.21 bits per heavy atom. The highest BCUT2D eigenvalue weighted by Crippen LogP contribution is 2.57. The molecule has 1 aliphatic heterocycles. The van der Waals surface area contributed by atoms with Gasteiger partial charge in [0.1, 0.15) is 11.9 Å². The summed E-state index contributed by atoms with van der Waals surface area (Å²) in [4.78, 5) is 0. The van der Waals surface area contributed by atoms with Gasteiger partial charge in [0, 0.05) is 17.0 Å². The van der Waals surface area contributed by atoms with Crippen LogP contribution in [0.4, 0.5) is 0 Å². The fraction of sp³-hybridized carbons (Fsp3) is 0.556. The van der Waals surface area contributed by atoms with Crippen molar-refractivity contribution in [2.45, 2.75) is 42.9 Å².